The monoisotopic (exact) mass is 199 g/mol. The van der Waals surface area contributed by atoms with Gasteiger partial charge >= 0.3 is 0 Å². The highest BCUT2D eigenvalue weighted by Gasteiger charge is 2.23. The Balaban J connectivity index is 2.36. The number of hydrogen-bond donors (Lipinski definition) is 0. The Labute approximate surface area is 86.4 Å². The Morgan fingerprint density at radius 3 is 2.93 bits per heavy atom. The second kappa shape index (κ2) is 5.47. The summed E-state index contributed by atoms with van der Waals surface area (Å²) in [6, 6.07) is 0. The van der Waals surface area contributed by atoms with Crippen LogP contribution in [0.4, 0.5) is 0 Å². The van der Waals surface area contributed by atoms with Crippen LogP contribution in [-0.2, 0) is 9.53 Å². The summed E-state index contributed by atoms with van der Waals surface area (Å²) in [6.45, 7) is 6.74. The standard InChI is InChI=1S/C11H21NO2/c1-9(14-3)7-12-6-4-5-11(8-12)10(2)13/h9,11H,4-8H2,1-3H3. The molecule has 3 nitrogen and oxygen atoms in total. The number of carbonyl (C=O) groups excluding carboxylic acids is 1. The Morgan fingerprint density at radius 1 is 1.64 bits per heavy atom. The first-order valence-electron chi connectivity index (χ1n) is 5.39. The van der Waals surface area contributed by atoms with Crippen LogP contribution in [0.25, 0.3) is 0 Å². The van der Waals surface area contributed by atoms with Gasteiger partial charge in [0.25, 0.3) is 0 Å². The van der Waals surface area contributed by atoms with Gasteiger partial charge in [0.2, 0.25) is 0 Å². The molecule has 1 aliphatic rings. The van der Waals surface area contributed by atoms with Crippen LogP contribution in [0.2, 0.25) is 0 Å². The highest BCUT2D eigenvalue weighted by molar-refractivity contribution is 5.78. The minimum Gasteiger partial charge on any atom is -0.380 e. The molecule has 1 saturated heterocycles. The first-order valence-corrected chi connectivity index (χ1v) is 5.39. The van der Waals surface area contributed by atoms with Crippen molar-refractivity contribution in [1.29, 1.82) is 0 Å². The molecule has 0 amide bonds. The van der Waals surface area contributed by atoms with Gasteiger partial charge in [0.15, 0.2) is 0 Å². The molecule has 1 heterocycles. The average molecular weight is 199 g/mol. The quantitative estimate of drug-likeness (QED) is 0.684. The van der Waals surface area contributed by atoms with E-state index in [1.165, 1.54) is 0 Å². The lowest BCUT2D eigenvalue weighted by atomic mass is 9.94. The van der Waals surface area contributed by atoms with Crippen molar-refractivity contribution >= 4 is 5.78 Å². The molecule has 1 rings (SSSR count). The third-order valence-corrected chi connectivity index (χ3v) is 3.00. The largest absolute Gasteiger partial charge is 0.380 e. The number of likely N-dealkylation sites (tertiary alicyclic amines) is 1. The summed E-state index contributed by atoms with van der Waals surface area (Å²) in [5, 5.41) is 0. The van der Waals surface area contributed by atoms with E-state index in [-0.39, 0.29) is 12.0 Å². The predicted molar refractivity (Wildman–Crippen MR) is 56.3 cm³/mol. The molecule has 2 unspecified atom stereocenters. The van der Waals surface area contributed by atoms with E-state index in [0.717, 1.165) is 32.5 Å². The molecule has 2 atom stereocenters. The van der Waals surface area contributed by atoms with Gasteiger partial charge < -0.3 is 9.64 Å². The summed E-state index contributed by atoms with van der Waals surface area (Å²) in [7, 11) is 1.73. The minimum atomic E-state index is 0.257. The molecular weight excluding hydrogens is 178 g/mol. The van der Waals surface area contributed by atoms with Gasteiger partial charge in [0, 0.05) is 26.1 Å². The maximum absolute atomic E-state index is 11.2. The van der Waals surface area contributed by atoms with Crippen molar-refractivity contribution in [3.05, 3.63) is 0 Å². The normalized spacial score (nSPS) is 26.1. The summed E-state index contributed by atoms with van der Waals surface area (Å²) in [5.74, 6) is 0.590. The topological polar surface area (TPSA) is 29.5 Å². The van der Waals surface area contributed by atoms with Gasteiger partial charge in [0.1, 0.15) is 5.78 Å². The van der Waals surface area contributed by atoms with Crippen LogP contribution in [0.3, 0.4) is 0 Å². The van der Waals surface area contributed by atoms with E-state index in [1.54, 1.807) is 14.0 Å². The van der Waals surface area contributed by atoms with Crippen LogP contribution in [0.15, 0.2) is 0 Å². The Morgan fingerprint density at radius 2 is 2.36 bits per heavy atom. The number of ether oxygens (including phenoxy) is 1. The molecule has 0 radical (unpaired) electrons. The van der Waals surface area contributed by atoms with Crippen LogP contribution in [0.5, 0.6) is 0 Å². The molecule has 0 aromatic heterocycles. The highest BCUT2D eigenvalue weighted by atomic mass is 16.5. The third-order valence-electron chi connectivity index (χ3n) is 3.00. The van der Waals surface area contributed by atoms with Crippen LogP contribution in [0.1, 0.15) is 26.7 Å². The van der Waals surface area contributed by atoms with Gasteiger partial charge in [-0.25, -0.2) is 0 Å². The summed E-state index contributed by atoms with van der Waals surface area (Å²) in [5.41, 5.74) is 0. The number of methoxy groups -OCH3 is 1. The number of ketones is 1. The van der Waals surface area contributed by atoms with Gasteiger partial charge in [-0.15, -0.1) is 0 Å². The lowest BCUT2D eigenvalue weighted by Crippen LogP contribution is -2.41. The summed E-state index contributed by atoms with van der Waals surface area (Å²) in [6.07, 6.45) is 2.47. The van der Waals surface area contributed by atoms with Gasteiger partial charge in [-0.2, -0.15) is 0 Å². The van der Waals surface area contributed by atoms with Crippen molar-refractivity contribution in [2.75, 3.05) is 26.7 Å². The van der Waals surface area contributed by atoms with Crippen molar-refractivity contribution in [2.45, 2.75) is 32.8 Å². The molecule has 14 heavy (non-hydrogen) atoms. The zero-order valence-corrected chi connectivity index (χ0v) is 9.45. The van der Waals surface area contributed by atoms with Crippen LogP contribution in [0, 0.1) is 5.92 Å². The molecule has 0 spiro atoms. The van der Waals surface area contributed by atoms with E-state index >= 15 is 0 Å². The summed E-state index contributed by atoms with van der Waals surface area (Å²) >= 11 is 0. The maximum atomic E-state index is 11.2. The van der Waals surface area contributed by atoms with E-state index < -0.39 is 0 Å². The molecule has 0 bridgehead atoms. The molecule has 0 N–H and O–H groups in total. The summed E-state index contributed by atoms with van der Waals surface area (Å²) in [4.78, 5) is 13.6. The van der Waals surface area contributed by atoms with Crippen molar-refractivity contribution in [3.8, 4) is 0 Å². The number of nitrogens with zero attached hydrogens (tertiary/aromatic N) is 1. The predicted octanol–water partition coefficient (Wildman–Crippen LogP) is 1.32. The fraction of sp³-hybridized carbons (Fsp3) is 0.909. The summed E-state index contributed by atoms with van der Waals surface area (Å²) < 4.78 is 5.22. The molecule has 0 aromatic carbocycles. The first-order chi connectivity index (χ1) is 6.63. The number of rotatable bonds is 4. The first kappa shape index (κ1) is 11.7. The maximum Gasteiger partial charge on any atom is 0.134 e. The van der Waals surface area contributed by atoms with Gasteiger partial charge in [-0.1, -0.05) is 0 Å². The number of Topliss-reactive ketones (excluding diaryl/α,β-unsaturated/α-hetero) is 1. The molecule has 82 valence electrons. The lowest BCUT2D eigenvalue weighted by molar-refractivity contribution is -0.122. The van der Waals surface area contributed by atoms with Crippen molar-refractivity contribution in [1.82, 2.24) is 4.90 Å². The number of carbonyl (C=O) groups is 1. The van der Waals surface area contributed by atoms with Crippen molar-refractivity contribution in [2.24, 2.45) is 5.92 Å². The van der Waals surface area contributed by atoms with E-state index in [0.29, 0.717) is 5.78 Å². The number of piperidine rings is 1. The van der Waals surface area contributed by atoms with Gasteiger partial charge in [0.05, 0.1) is 6.10 Å². The SMILES string of the molecule is COC(C)CN1CCCC(C(C)=O)C1. The molecular formula is C11H21NO2. The fourth-order valence-corrected chi connectivity index (χ4v) is 1.99. The lowest BCUT2D eigenvalue weighted by Gasteiger charge is -2.32. The van der Waals surface area contributed by atoms with E-state index in [4.69, 9.17) is 4.74 Å². The van der Waals surface area contributed by atoms with E-state index in [2.05, 4.69) is 11.8 Å². The Kier molecular flexibility index (Phi) is 4.55. The Bertz CT molecular complexity index is 194. The molecule has 1 aliphatic heterocycles. The minimum absolute atomic E-state index is 0.257. The zero-order valence-electron chi connectivity index (χ0n) is 9.45. The van der Waals surface area contributed by atoms with E-state index in [1.807, 2.05) is 0 Å². The third kappa shape index (κ3) is 3.39. The van der Waals surface area contributed by atoms with Crippen molar-refractivity contribution < 1.29 is 9.53 Å². The second-order valence-electron chi connectivity index (χ2n) is 4.26. The van der Waals surface area contributed by atoms with Crippen molar-refractivity contribution in [3.63, 3.8) is 0 Å². The van der Waals surface area contributed by atoms with Gasteiger partial charge in [-0.05, 0) is 33.2 Å². The molecule has 1 fully saturated rings. The van der Waals surface area contributed by atoms with Crippen LogP contribution >= 0.6 is 0 Å². The second-order valence-corrected chi connectivity index (χ2v) is 4.26. The molecule has 3 heteroatoms. The fourth-order valence-electron chi connectivity index (χ4n) is 1.99. The molecule has 0 aromatic rings. The zero-order chi connectivity index (χ0) is 10.6. The highest BCUT2D eigenvalue weighted by Crippen LogP contribution is 2.17. The van der Waals surface area contributed by atoms with E-state index in [9.17, 15) is 4.79 Å². The average Bonchev–Trinajstić information content (AvgIpc) is 2.18. The van der Waals surface area contributed by atoms with Crippen LogP contribution < -0.4 is 0 Å². The number of hydrogen-bond acceptors (Lipinski definition) is 3. The van der Waals surface area contributed by atoms with Gasteiger partial charge in [-0.3, -0.25) is 4.79 Å². The molecule has 0 saturated carbocycles. The molecule has 0 aliphatic carbocycles. The Hall–Kier alpha value is -0.410. The van der Waals surface area contributed by atoms with Crippen LogP contribution in [-0.4, -0.2) is 43.5 Å². The smallest absolute Gasteiger partial charge is 0.134 e.